The van der Waals surface area contributed by atoms with Crippen molar-refractivity contribution in [2.75, 3.05) is 12.9 Å². The number of benzene rings is 1. The normalized spacial score (nSPS) is 13.8. The average Bonchev–Trinajstić information content (AvgIpc) is 2.43. The SMILES string of the molecule is COC(=O)C(C)(N)CCCCSCc1ccccc1C. The molecule has 0 saturated carbocycles. The van der Waals surface area contributed by atoms with Crippen LogP contribution in [0.4, 0.5) is 0 Å². The topological polar surface area (TPSA) is 52.3 Å². The lowest BCUT2D eigenvalue weighted by Gasteiger charge is -2.20. The molecule has 1 aromatic rings. The lowest BCUT2D eigenvalue weighted by atomic mass is 9.97. The van der Waals surface area contributed by atoms with Crippen LogP contribution in [0, 0.1) is 6.92 Å². The highest BCUT2D eigenvalue weighted by molar-refractivity contribution is 7.98. The van der Waals surface area contributed by atoms with Crippen LogP contribution in [0.25, 0.3) is 0 Å². The molecule has 1 aromatic carbocycles. The molecule has 112 valence electrons. The summed E-state index contributed by atoms with van der Waals surface area (Å²) in [5, 5.41) is 0. The van der Waals surface area contributed by atoms with Crippen LogP contribution in [0.2, 0.25) is 0 Å². The van der Waals surface area contributed by atoms with Crippen molar-refractivity contribution in [1.29, 1.82) is 0 Å². The van der Waals surface area contributed by atoms with Crippen molar-refractivity contribution in [3.63, 3.8) is 0 Å². The van der Waals surface area contributed by atoms with Gasteiger partial charge in [-0.25, -0.2) is 0 Å². The predicted octanol–water partition coefficient (Wildman–Crippen LogP) is 3.29. The van der Waals surface area contributed by atoms with E-state index in [-0.39, 0.29) is 5.97 Å². The lowest BCUT2D eigenvalue weighted by molar-refractivity contribution is -0.146. The Labute approximate surface area is 126 Å². The summed E-state index contributed by atoms with van der Waals surface area (Å²) >= 11 is 1.93. The van der Waals surface area contributed by atoms with E-state index in [1.54, 1.807) is 6.92 Å². The van der Waals surface area contributed by atoms with Crippen LogP contribution in [0.15, 0.2) is 24.3 Å². The summed E-state index contributed by atoms with van der Waals surface area (Å²) in [5.74, 6) is 1.81. The molecular formula is C16H25NO2S. The molecule has 1 unspecified atom stereocenters. The van der Waals surface area contributed by atoms with Crippen LogP contribution >= 0.6 is 11.8 Å². The molecule has 0 heterocycles. The van der Waals surface area contributed by atoms with Gasteiger partial charge >= 0.3 is 5.97 Å². The smallest absolute Gasteiger partial charge is 0.325 e. The van der Waals surface area contributed by atoms with Crippen molar-refractivity contribution in [1.82, 2.24) is 0 Å². The number of methoxy groups -OCH3 is 1. The standard InChI is InChI=1S/C16H25NO2S/c1-13-8-4-5-9-14(13)12-20-11-7-6-10-16(2,17)15(18)19-3/h4-5,8-9H,6-7,10-12,17H2,1-3H3. The fourth-order valence-electron chi connectivity index (χ4n) is 1.99. The Bertz CT molecular complexity index is 432. The number of rotatable bonds is 8. The molecule has 20 heavy (non-hydrogen) atoms. The molecule has 4 heteroatoms. The van der Waals surface area contributed by atoms with E-state index in [1.807, 2.05) is 11.8 Å². The van der Waals surface area contributed by atoms with E-state index < -0.39 is 5.54 Å². The van der Waals surface area contributed by atoms with Gasteiger partial charge in [-0.1, -0.05) is 30.7 Å². The second-order valence-corrected chi connectivity index (χ2v) is 6.45. The van der Waals surface area contributed by atoms with Crippen molar-refractivity contribution < 1.29 is 9.53 Å². The third kappa shape index (κ3) is 5.55. The molecule has 1 atom stereocenters. The summed E-state index contributed by atoms with van der Waals surface area (Å²) in [4.78, 5) is 11.4. The van der Waals surface area contributed by atoms with Gasteiger partial charge < -0.3 is 10.5 Å². The van der Waals surface area contributed by atoms with Crippen LogP contribution in [-0.4, -0.2) is 24.4 Å². The highest BCUT2D eigenvalue weighted by Gasteiger charge is 2.28. The Kier molecular flexibility index (Phi) is 7.10. The van der Waals surface area contributed by atoms with Crippen LogP contribution < -0.4 is 5.73 Å². The van der Waals surface area contributed by atoms with E-state index in [0.717, 1.165) is 24.3 Å². The largest absolute Gasteiger partial charge is 0.468 e. The van der Waals surface area contributed by atoms with Crippen LogP contribution in [-0.2, 0) is 15.3 Å². The molecule has 0 radical (unpaired) electrons. The molecule has 0 spiro atoms. The van der Waals surface area contributed by atoms with Crippen molar-refractivity contribution in [3.05, 3.63) is 35.4 Å². The van der Waals surface area contributed by atoms with Crippen molar-refractivity contribution in [2.24, 2.45) is 5.73 Å². The first-order valence-corrected chi connectivity index (χ1v) is 8.12. The lowest BCUT2D eigenvalue weighted by Crippen LogP contribution is -2.45. The summed E-state index contributed by atoms with van der Waals surface area (Å²) in [6.45, 7) is 3.88. The first-order chi connectivity index (χ1) is 9.47. The van der Waals surface area contributed by atoms with Crippen molar-refractivity contribution in [2.45, 2.75) is 44.4 Å². The summed E-state index contributed by atoms with van der Waals surface area (Å²) in [5.41, 5.74) is 7.81. The minimum absolute atomic E-state index is 0.329. The van der Waals surface area contributed by atoms with Gasteiger partial charge in [-0.3, -0.25) is 4.79 Å². The quantitative estimate of drug-likeness (QED) is 0.590. The van der Waals surface area contributed by atoms with Gasteiger partial charge in [0, 0.05) is 5.75 Å². The van der Waals surface area contributed by atoms with E-state index in [2.05, 4.69) is 31.2 Å². The molecule has 0 aliphatic rings. The second kappa shape index (κ2) is 8.32. The number of nitrogens with two attached hydrogens (primary N) is 1. The van der Waals surface area contributed by atoms with E-state index in [0.29, 0.717) is 6.42 Å². The first kappa shape index (κ1) is 17.1. The molecule has 0 aliphatic heterocycles. The molecule has 0 amide bonds. The number of hydrogen-bond donors (Lipinski definition) is 1. The van der Waals surface area contributed by atoms with Crippen LogP contribution in [0.5, 0.6) is 0 Å². The maximum absolute atomic E-state index is 11.4. The summed E-state index contributed by atoms with van der Waals surface area (Å²) in [6.07, 6.45) is 2.69. The number of aryl methyl sites for hydroxylation is 1. The van der Waals surface area contributed by atoms with E-state index in [1.165, 1.54) is 18.2 Å². The van der Waals surface area contributed by atoms with Crippen LogP contribution in [0.1, 0.15) is 37.3 Å². The van der Waals surface area contributed by atoms with Crippen molar-refractivity contribution in [3.8, 4) is 0 Å². The fourth-order valence-corrected chi connectivity index (χ4v) is 3.08. The minimum atomic E-state index is -0.852. The Balaban J connectivity index is 2.17. The molecule has 1 rings (SSSR count). The maximum Gasteiger partial charge on any atom is 0.325 e. The Morgan fingerprint density at radius 2 is 2.05 bits per heavy atom. The maximum atomic E-state index is 11.4. The van der Waals surface area contributed by atoms with E-state index in [4.69, 9.17) is 10.5 Å². The fraction of sp³-hybridized carbons (Fsp3) is 0.562. The number of carbonyl (C=O) groups is 1. The van der Waals surface area contributed by atoms with Gasteiger partial charge in [-0.2, -0.15) is 11.8 Å². The average molecular weight is 295 g/mol. The molecule has 0 bridgehead atoms. The third-order valence-corrected chi connectivity index (χ3v) is 4.50. The van der Waals surface area contributed by atoms with E-state index in [9.17, 15) is 4.79 Å². The summed E-state index contributed by atoms with van der Waals surface area (Å²) in [7, 11) is 1.38. The minimum Gasteiger partial charge on any atom is -0.468 e. The molecule has 0 saturated heterocycles. The molecule has 0 aromatic heterocycles. The number of hydrogen-bond acceptors (Lipinski definition) is 4. The van der Waals surface area contributed by atoms with Gasteiger partial charge in [0.1, 0.15) is 5.54 Å². The Morgan fingerprint density at radius 3 is 2.70 bits per heavy atom. The monoisotopic (exact) mass is 295 g/mol. The second-order valence-electron chi connectivity index (χ2n) is 5.35. The highest BCUT2D eigenvalue weighted by Crippen LogP contribution is 2.19. The highest BCUT2D eigenvalue weighted by atomic mass is 32.2. The summed E-state index contributed by atoms with van der Waals surface area (Å²) in [6, 6.07) is 8.47. The number of thioether (sulfide) groups is 1. The Hall–Kier alpha value is -1.00. The zero-order valence-corrected chi connectivity index (χ0v) is 13.5. The number of ether oxygens (including phenoxy) is 1. The Morgan fingerprint density at radius 1 is 1.35 bits per heavy atom. The predicted molar refractivity (Wildman–Crippen MR) is 85.8 cm³/mol. The molecule has 0 aliphatic carbocycles. The van der Waals surface area contributed by atoms with Crippen LogP contribution in [0.3, 0.4) is 0 Å². The van der Waals surface area contributed by atoms with Gasteiger partial charge in [0.2, 0.25) is 0 Å². The van der Waals surface area contributed by atoms with Gasteiger partial charge in [-0.15, -0.1) is 0 Å². The molecule has 0 fully saturated rings. The van der Waals surface area contributed by atoms with Gasteiger partial charge in [-0.05, 0) is 43.6 Å². The zero-order chi connectivity index (χ0) is 15.0. The number of unbranched alkanes of at least 4 members (excludes halogenated alkanes) is 1. The molecule has 2 N–H and O–H groups in total. The number of carbonyl (C=O) groups excluding carboxylic acids is 1. The molecular weight excluding hydrogens is 270 g/mol. The first-order valence-electron chi connectivity index (χ1n) is 6.97. The molecule has 3 nitrogen and oxygen atoms in total. The van der Waals surface area contributed by atoms with Gasteiger partial charge in [0.25, 0.3) is 0 Å². The third-order valence-electron chi connectivity index (χ3n) is 3.41. The number of esters is 1. The van der Waals surface area contributed by atoms with Crippen molar-refractivity contribution >= 4 is 17.7 Å². The van der Waals surface area contributed by atoms with Gasteiger partial charge in [0.15, 0.2) is 0 Å². The van der Waals surface area contributed by atoms with E-state index >= 15 is 0 Å². The summed E-state index contributed by atoms with van der Waals surface area (Å²) < 4.78 is 4.70. The zero-order valence-electron chi connectivity index (χ0n) is 12.6. The van der Waals surface area contributed by atoms with Gasteiger partial charge in [0.05, 0.1) is 7.11 Å².